The van der Waals surface area contributed by atoms with Crippen molar-refractivity contribution in [2.45, 2.75) is 12.8 Å². The minimum absolute atomic E-state index is 0.192. The molecule has 1 aliphatic rings. The second-order valence-electron chi connectivity index (χ2n) is 2.21. The van der Waals surface area contributed by atoms with Crippen LogP contribution in [0.25, 0.3) is 0 Å². The Balaban J connectivity index is 2.31. The van der Waals surface area contributed by atoms with Crippen LogP contribution < -0.4 is 0 Å². The second-order valence-corrected chi connectivity index (χ2v) is 4.68. The van der Waals surface area contributed by atoms with E-state index in [1.807, 2.05) is 0 Å². The molecular formula is C6H11O2P. The number of aliphatic hydroxyl groups is 1. The van der Waals surface area contributed by atoms with Gasteiger partial charge in [0.15, 0.2) is 5.52 Å². The lowest BCUT2D eigenvalue weighted by atomic mass is 10.4. The lowest BCUT2D eigenvalue weighted by Crippen LogP contribution is -1.95. The predicted molar refractivity (Wildman–Crippen MR) is 38.0 cm³/mol. The number of carbonyl (C=O) groups is 1. The SMILES string of the molecule is O=C1CCCP1CCO. The summed E-state index contributed by atoms with van der Waals surface area (Å²) in [5.41, 5.74) is 0.416. The summed E-state index contributed by atoms with van der Waals surface area (Å²) in [6.07, 6.45) is 3.64. The van der Waals surface area contributed by atoms with Gasteiger partial charge in [-0.3, -0.25) is 4.79 Å². The first-order valence-corrected chi connectivity index (χ1v) is 4.94. The summed E-state index contributed by atoms with van der Waals surface area (Å²) >= 11 is 0. The van der Waals surface area contributed by atoms with E-state index in [-0.39, 0.29) is 6.61 Å². The van der Waals surface area contributed by atoms with Crippen molar-refractivity contribution in [1.82, 2.24) is 0 Å². The van der Waals surface area contributed by atoms with Crippen LogP contribution in [0.3, 0.4) is 0 Å². The van der Waals surface area contributed by atoms with Crippen LogP contribution in [0.5, 0.6) is 0 Å². The summed E-state index contributed by atoms with van der Waals surface area (Å²) in [5.74, 6) is 0. The summed E-state index contributed by atoms with van der Waals surface area (Å²) in [6, 6.07) is 0. The number of carbonyl (C=O) groups excluding carboxylic acids is 1. The van der Waals surface area contributed by atoms with E-state index < -0.39 is 7.92 Å². The van der Waals surface area contributed by atoms with Crippen molar-refractivity contribution in [3.63, 3.8) is 0 Å². The molecule has 1 aliphatic heterocycles. The molecule has 0 saturated carbocycles. The van der Waals surface area contributed by atoms with Gasteiger partial charge < -0.3 is 5.11 Å². The van der Waals surface area contributed by atoms with Crippen LogP contribution in [-0.4, -0.2) is 29.6 Å². The van der Waals surface area contributed by atoms with Crippen molar-refractivity contribution in [3.8, 4) is 0 Å². The zero-order chi connectivity index (χ0) is 6.69. The molecule has 1 unspecified atom stereocenters. The zero-order valence-corrected chi connectivity index (χ0v) is 6.23. The summed E-state index contributed by atoms with van der Waals surface area (Å²) < 4.78 is 0. The van der Waals surface area contributed by atoms with E-state index >= 15 is 0 Å². The highest BCUT2D eigenvalue weighted by Crippen LogP contribution is 2.43. The lowest BCUT2D eigenvalue weighted by molar-refractivity contribution is -0.111. The number of hydrogen-bond acceptors (Lipinski definition) is 2. The first kappa shape index (κ1) is 7.17. The maximum absolute atomic E-state index is 10.9. The molecule has 0 bridgehead atoms. The molecule has 1 heterocycles. The summed E-state index contributed by atoms with van der Waals surface area (Å²) in [7, 11) is -0.395. The van der Waals surface area contributed by atoms with E-state index in [1.165, 1.54) is 0 Å². The minimum Gasteiger partial charge on any atom is -0.396 e. The quantitative estimate of drug-likeness (QED) is 0.584. The Morgan fingerprint density at radius 1 is 1.67 bits per heavy atom. The molecule has 1 N–H and O–H groups in total. The number of rotatable bonds is 2. The van der Waals surface area contributed by atoms with E-state index in [0.717, 1.165) is 25.2 Å². The molecule has 3 heteroatoms. The number of aliphatic hydroxyl groups excluding tert-OH is 1. The smallest absolute Gasteiger partial charge is 0.154 e. The van der Waals surface area contributed by atoms with Gasteiger partial charge in [-0.05, 0) is 26.7 Å². The average molecular weight is 146 g/mol. The van der Waals surface area contributed by atoms with Gasteiger partial charge >= 0.3 is 0 Å². The molecule has 0 spiro atoms. The van der Waals surface area contributed by atoms with E-state index in [9.17, 15) is 4.79 Å². The largest absolute Gasteiger partial charge is 0.396 e. The fourth-order valence-corrected chi connectivity index (χ4v) is 3.04. The van der Waals surface area contributed by atoms with Crippen molar-refractivity contribution in [2.24, 2.45) is 0 Å². The van der Waals surface area contributed by atoms with Crippen LogP contribution in [0.2, 0.25) is 0 Å². The molecule has 0 aromatic rings. The van der Waals surface area contributed by atoms with Crippen LogP contribution in [0, 0.1) is 0 Å². The minimum atomic E-state index is -0.395. The van der Waals surface area contributed by atoms with Crippen molar-refractivity contribution < 1.29 is 9.90 Å². The highest BCUT2D eigenvalue weighted by molar-refractivity contribution is 7.75. The fourth-order valence-electron chi connectivity index (χ4n) is 1.06. The van der Waals surface area contributed by atoms with Gasteiger partial charge in [-0.15, -0.1) is 0 Å². The van der Waals surface area contributed by atoms with Gasteiger partial charge in [-0.2, -0.15) is 0 Å². The van der Waals surface area contributed by atoms with Gasteiger partial charge in [0.05, 0.1) is 0 Å². The summed E-state index contributed by atoms with van der Waals surface area (Å²) in [5, 5.41) is 8.51. The molecule has 0 aromatic heterocycles. The van der Waals surface area contributed by atoms with E-state index in [0.29, 0.717) is 5.52 Å². The Morgan fingerprint density at radius 2 is 2.44 bits per heavy atom. The van der Waals surface area contributed by atoms with Gasteiger partial charge in [0, 0.05) is 13.0 Å². The number of hydrogen-bond donors (Lipinski definition) is 1. The van der Waals surface area contributed by atoms with Crippen LogP contribution in [0.15, 0.2) is 0 Å². The highest BCUT2D eigenvalue weighted by Gasteiger charge is 2.22. The monoisotopic (exact) mass is 146 g/mol. The van der Waals surface area contributed by atoms with Gasteiger partial charge in [0.25, 0.3) is 0 Å². The molecule has 0 aromatic carbocycles. The second kappa shape index (κ2) is 3.28. The zero-order valence-electron chi connectivity index (χ0n) is 5.34. The van der Waals surface area contributed by atoms with Crippen molar-refractivity contribution in [1.29, 1.82) is 0 Å². The Hall–Kier alpha value is 0.0600. The van der Waals surface area contributed by atoms with Crippen LogP contribution in [0.4, 0.5) is 0 Å². The third kappa shape index (κ3) is 1.74. The normalized spacial score (nSPS) is 27.2. The maximum Gasteiger partial charge on any atom is 0.154 e. The Labute approximate surface area is 56.0 Å². The average Bonchev–Trinajstić information content (AvgIpc) is 2.18. The van der Waals surface area contributed by atoms with Gasteiger partial charge in [-0.25, -0.2) is 0 Å². The molecule has 2 nitrogen and oxygen atoms in total. The molecule has 52 valence electrons. The van der Waals surface area contributed by atoms with Crippen LogP contribution >= 0.6 is 7.92 Å². The molecule has 1 rings (SSSR count). The fraction of sp³-hybridized carbons (Fsp3) is 0.833. The Kier molecular flexibility index (Phi) is 2.62. The molecule has 1 fully saturated rings. The van der Waals surface area contributed by atoms with E-state index in [4.69, 9.17) is 5.11 Å². The first-order valence-electron chi connectivity index (χ1n) is 3.23. The third-order valence-electron chi connectivity index (χ3n) is 1.54. The topological polar surface area (TPSA) is 37.3 Å². The molecule has 0 amide bonds. The van der Waals surface area contributed by atoms with Crippen molar-refractivity contribution >= 4 is 13.4 Å². The molecular weight excluding hydrogens is 135 g/mol. The molecule has 0 aliphatic carbocycles. The van der Waals surface area contributed by atoms with Gasteiger partial charge in [-0.1, -0.05) is 0 Å². The van der Waals surface area contributed by atoms with Crippen LogP contribution in [-0.2, 0) is 4.79 Å². The molecule has 1 saturated heterocycles. The van der Waals surface area contributed by atoms with E-state index in [2.05, 4.69) is 0 Å². The third-order valence-corrected chi connectivity index (χ3v) is 4.07. The van der Waals surface area contributed by atoms with E-state index in [1.54, 1.807) is 0 Å². The summed E-state index contributed by atoms with van der Waals surface area (Å²) in [4.78, 5) is 10.9. The van der Waals surface area contributed by atoms with Crippen molar-refractivity contribution in [3.05, 3.63) is 0 Å². The molecule has 1 atom stereocenters. The van der Waals surface area contributed by atoms with Gasteiger partial charge in [0.1, 0.15) is 0 Å². The van der Waals surface area contributed by atoms with Gasteiger partial charge in [0.2, 0.25) is 0 Å². The first-order chi connectivity index (χ1) is 4.34. The highest BCUT2D eigenvalue weighted by atomic mass is 31.1. The lowest BCUT2D eigenvalue weighted by Gasteiger charge is -2.02. The standard InChI is InChI=1S/C6H11O2P/c7-3-5-9-4-1-2-6(9)8/h7H,1-5H2. The van der Waals surface area contributed by atoms with Crippen molar-refractivity contribution in [2.75, 3.05) is 18.9 Å². The van der Waals surface area contributed by atoms with Crippen LogP contribution in [0.1, 0.15) is 12.8 Å². The maximum atomic E-state index is 10.9. The Bertz CT molecular complexity index is 114. The molecule has 9 heavy (non-hydrogen) atoms. The summed E-state index contributed by atoms with van der Waals surface area (Å²) in [6.45, 7) is 0.192. The molecule has 0 radical (unpaired) electrons. The predicted octanol–water partition coefficient (Wildman–Crippen LogP) is 0.781. The Morgan fingerprint density at radius 3 is 2.89 bits per heavy atom.